The lowest BCUT2D eigenvalue weighted by molar-refractivity contribution is -0.123. The number of hydrogen-bond acceptors (Lipinski definition) is 5. The summed E-state index contributed by atoms with van der Waals surface area (Å²) in [6, 6.07) is 12.2. The number of nitrogens with zero attached hydrogens (tertiary/aromatic N) is 1. The molecule has 0 spiro atoms. The monoisotopic (exact) mass is 471 g/mol. The Bertz CT molecular complexity index is 1160. The van der Waals surface area contributed by atoms with Crippen molar-refractivity contribution in [1.29, 1.82) is 0 Å². The maximum atomic E-state index is 13.2. The molecule has 2 amide bonds. The number of ether oxygens (including phenoxy) is 1. The fourth-order valence-corrected chi connectivity index (χ4v) is 5.75. The van der Waals surface area contributed by atoms with Crippen molar-refractivity contribution in [2.24, 2.45) is 5.92 Å². The van der Waals surface area contributed by atoms with Gasteiger partial charge in [-0.15, -0.1) is 0 Å². The molecule has 1 saturated heterocycles. The molecule has 4 rings (SSSR count). The van der Waals surface area contributed by atoms with Gasteiger partial charge in [-0.3, -0.25) is 9.59 Å². The standard InChI is InChI=1S/C24H29N3O5S/c1-3-16-7-5-6-8-19(16)25-23(28)17-11-13-27(14-12-17)33(30,31)18-9-10-22-20(15-18)26-24(29)21(4-2)32-22/h5-10,15,17,21H,3-4,11-14H2,1-2H3,(H,25,28)(H,26,29)/t21-/m1/s1. The third kappa shape index (κ3) is 4.74. The quantitative estimate of drug-likeness (QED) is 0.672. The smallest absolute Gasteiger partial charge is 0.265 e. The van der Waals surface area contributed by atoms with Crippen LogP contribution in [-0.2, 0) is 26.0 Å². The number of piperidine rings is 1. The largest absolute Gasteiger partial charge is 0.478 e. The normalized spacial score (nSPS) is 19.3. The van der Waals surface area contributed by atoms with Crippen molar-refractivity contribution in [1.82, 2.24) is 4.31 Å². The molecule has 2 aromatic rings. The second-order valence-electron chi connectivity index (χ2n) is 8.34. The highest BCUT2D eigenvalue weighted by molar-refractivity contribution is 7.89. The minimum atomic E-state index is -3.76. The number of para-hydroxylation sites is 1. The Labute approximate surface area is 194 Å². The summed E-state index contributed by atoms with van der Waals surface area (Å²) in [5.74, 6) is -0.144. The summed E-state index contributed by atoms with van der Waals surface area (Å²) in [7, 11) is -3.76. The zero-order valence-electron chi connectivity index (χ0n) is 18.8. The number of sulfonamides is 1. The van der Waals surface area contributed by atoms with Crippen LogP contribution in [0.15, 0.2) is 47.4 Å². The lowest BCUT2D eigenvalue weighted by Gasteiger charge is -2.31. The molecule has 8 nitrogen and oxygen atoms in total. The SMILES string of the molecule is CCc1ccccc1NC(=O)C1CCN(S(=O)(=O)c2ccc3c(c2)NC(=O)[C@@H](CC)O3)CC1. The Balaban J connectivity index is 1.42. The first-order chi connectivity index (χ1) is 15.8. The van der Waals surface area contributed by atoms with Gasteiger partial charge in [0, 0.05) is 24.7 Å². The third-order valence-corrected chi connectivity index (χ3v) is 8.15. The van der Waals surface area contributed by atoms with E-state index in [0.29, 0.717) is 30.7 Å². The second kappa shape index (κ2) is 9.52. The molecule has 2 aromatic carbocycles. The topological polar surface area (TPSA) is 105 Å². The van der Waals surface area contributed by atoms with Crippen molar-refractivity contribution < 1.29 is 22.7 Å². The second-order valence-corrected chi connectivity index (χ2v) is 10.3. The molecule has 2 aliphatic heterocycles. The minimum absolute atomic E-state index is 0.0768. The zero-order chi connectivity index (χ0) is 23.6. The van der Waals surface area contributed by atoms with E-state index in [1.807, 2.05) is 38.1 Å². The number of nitrogens with one attached hydrogen (secondary N) is 2. The fourth-order valence-electron chi connectivity index (χ4n) is 4.25. The van der Waals surface area contributed by atoms with E-state index in [0.717, 1.165) is 17.7 Å². The molecule has 0 bridgehead atoms. The van der Waals surface area contributed by atoms with E-state index in [-0.39, 0.29) is 35.7 Å². The van der Waals surface area contributed by atoms with Gasteiger partial charge < -0.3 is 15.4 Å². The number of amides is 2. The number of hydrogen-bond donors (Lipinski definition) is 2. The fraction of sp³-hybridized carbons (Fsp3) is 0.417. The maximum Gasteiger partial charge on any atom is 0.265 e. The molecule has 0 aromatic heterocycles. The highest BCUT2D eigenvalue weighted by Gasteiger charge is 2.34. The molecule has 0 saturated carbocycles. The van der Waals surface area contributed by atoms with Crippen LogP contribution in [0.2, 0.25) is 0 Å². The summed E-state index contributed by atoms with van der Waals surface area (Å²) in [6.07, 6.45) is 1.66. The van der Waals surface area contributed by atoms with E-state index in [9.17, 15) is 18.0 Å². The number of carbonyl (C=O) groups is 2. The predicted molar refractivity (Wildman–Crippen MR) is 126 cm³/mol. The van der Waals surface area contributed by atoms with Crippen molar-refractivity contribution in [2.75, 3.05) is 23.7 Å². The molecular weight excluding hydrogens is 442 g/mol. The predicted octanol–water partition coefficient (Wildman–Crippen LogP) is 3.40. The summed E-state index contributed by atoms with van der Waals surface area (Å²) in [4.78, 5) is 25.0. The van der Waals surface area contributed by atoms with Gasteiger partial charge >= 0.3 is 0 Å². The summed E-state index contributed by atoms with van der Waals surface area (Å²) >= 11 is 0. The first-order valence-electron chi connectivity index (χ1n) is 11.3. The summed E-state index contributed by atoms with van der Waals surface area (Å²) in [5, 5.41) is 5.73. The van der Waals surface area contributed by atoms with Crippen LogP contribution in [0.1, 0.15) is 38.7 Å². The molecule has 1 atom stereocenters. The minimum Gasteiger partial charge on any atom is -0.478 e. The Morgan fingerprint density at radius 3 is 2.58 bits per heavy atom. The molecule has 33 heavy (non-hydrogen) atoms. The lowest BCUT2D eigenvalue weighted by atomic mass is 9.97. The number of aryl methyl sites for hydroxylation is 1. The molecule has 0 unspecified atom stereocenters. The Hall–Kier alpha value is -2.91. The summed E-state index contributed by atoms with van der Waals surface area (Å²) in [5.41, 5.74) is 2.23. The van der Waals surface area contributed by atoms with Crippen LogP contribution in [0.25, 0.3) is 0 Å². The van der Waals surface area contributed by atoms with E-state index in [2.05, 4.69) is 10.6 Å². The Kier molecular flexibility index (Phi) is 6.71. The number of carbonyl (C=O) groups excluding carboxylic acids is 2. The number of fused-ring (bicyclic) bond motifs is 1. The zero-order valence-corrected chi connectivity index (χ0v) is 19.7. The molecule has 2 N–H and O–H groups in total. The van der Waals surface area contributed by atoms with Gasteiger partial charge in [0.05, 0.1) is 10.6 Å². The molecule has 0 radical (unpaired) electrons. The van der Waals surface area contributed by atoms with Crippen LogP contribution in [0, 0.1) is 5.92 Å². The average Bonchev–Trinajstić information content (AvgIpc) is 2.83. The van der Waals surface area contributed by atoms with Crippen molar-refractivity contribution in [2.45, 2.75) is 50.5 Å². The molecule has 2 aliphatic rings. The van der Waals surface area contributed by atoms with Crippen LogP contribution in [0.3, 0.4) is 0 Å². The highest BCUT2D eigenvalue weighted by Crippen LogP contribution is 2.34. The van der Waals surface area contributed by atoms with Crippen molar-refractivity contribution in [3.63, 3.8) is 0 Å². The first kappa shape index (κ1) is 23.3. The van der Waals surface area contributed by atoms with Crippen molar-refractivity contribution in [3.05, 3.63) is 48.0 Å². The molecule has 1 fully saturated rings. The van der Waals surface area contributed by atoms with Crippen molar-refractivity contribution in [3.8, 4) is 5.75 Å². The van der Waals surface area contributed by atoms with E-state index < -0.39 is 16.1 Å². The van der Waals surface area contributed by atoms with Gasteiger partial charge in [0.1, 0.15) is 5.75 Å². The van der Waals surface area contributed by atoms with Gasteiger partial charge in [-0.1, -0.05) is 32.0 Å². The van der Waals surface area contributed by atoms with E-state index >= 15 is 0 Å². The maximum absolute atomic E-state index is 13.2. The Morgan fingerprint density at radius 1 is 1.15 bits per heavy atom. The summed E-state index contributed by atoms with van der Waals surface area (Å²) < 4.78 is 33.4. The summed E-state index contributed by atoms with van der Waals surface area (Å²) in [6.45, 7) is 4.40. The van der Waals surface area contributed by atoms with Gasteiger partial charge in [0.15, 0.2) is 6.10 Å². The lowest BCUT2D eigenvalue weighted by Crippen LogP contribution is -2.41. The van der Waals surface area contributed by atoms with Gasteiger partial charge in [-0.2, -0.15) is 4.31 Å². The molecule has 9 heteroatoms. The molecule has 0 aliphatic carbocycles. The highest BCUT2D eigenvalue weighted by atomic mass is 32.2. The Morgan fingerprint density at radius 2 is 1.88 bits per heavy atom. The molecular formula is C24H29N3O5S. The van der Waals surface area contributed by atoms with Gasteiger partial charge in [0.25, 0.3) is 5.91 Å². The van der Waals surface area contributed by atoms with Gasteiger partial charge in [0.2, 0.25) is 15.9 Å². The first-order valence-corrected chi connectivity index (χ1v) is 12.8. The van der Waals surface area contributed by atoms with Crippen LogP contribution in [0.4, 0.5) is 11.4 Å². The third-order valence-electron chi connectivity index (χ3n) is 6.26. The van der Waals surface area contributed by atoms with E-state index in [1.165, 1.54) is 16.4 Å². The van der Waals surface area contributed by atoms with Gasteiger partial charge in [-0.25, -0.2) is 8.42 Å². The number of anilines is 2. The van der Waals surface area contributed by atoms with Gasteiger partial charge in [-0.05, 0) is 55.5 Å². The van der Waals surface area contributed by atoms with Crippen LogP contribution in [-0.4, -0.2) is 43.7 Å². The van der Waals surface area contributed by atoms with E-state index in [4.69, 9.17) is 4.74 Å². The van der Waals surface area contributed by atoms with Crippen LogP contribution in [0.5, 0.6) is 5.75 Å². The van der Waals surface area contributed by atoms with Crippen LogP contribution < -0.4 is 15.4 Å². The number of rotatable bonds is 6. The molecule has 176 valence electrons. The van der Waals surface area contributed by atoms with E-state index in [1.54, 1.807) is 6.07 Å². The molecule has 2 heterocycles. The van der Waals surface area contributed by atoms with Crippen molar-refractivity contribution >= 4 is 33.2 Å². The number of benzene rings is 2. The average molecular weight is 472 g/mol. The van der Waals surface area contributed by atoms with Crippen LogP contribution >= 0.6 is 0 Å².